The molecule has 3 aromatic rings. The molecule has 1 aliphatic heterocycles. The first-order chi connectivity index (χ1) is 15.8. The zero-order chi connectivity index (χ0) is 23.7. The van der Waals surface area contributed by atoms with Gasteiger partial charge in [0.15, 0.2) is 5.13 Å². The molecule has 1 fully saturated rings. The van der Waals surface area contributed by atoms with Gasteiger partial charge in [0, 0.05) is 25.9 Å². The number of benzene rings is 1. The standard InChI is InChI=1S/C22H24Cl2N4O4S/c1-4-32-21(30)12-6-5-7-14-19(12)33-22(27-14)28-9-8-13(15(10-28)31-3)26-20(29)18-17(24)16(23)11(2)25-18/h5-7,13,15,25H,4,8-10H2,1-3H3,(H,26,29)/t13-,15+/m1/s1. The number of methoxy groups -OCH3 is 1. The van der Waals surface area contributed by atoms with Crippen molar-refractivity contribution in [2.75, 3.05) is 31.7 Å². The second-order valence-electron chi connectivity index (χ2n) is 7.71. The highest BCUT2D eigenvalue weighted by Crippen LogP contribution is 2.34. The third-order valence-corrected chi connectivity index (χ3v) is 7.74. The van der Waals surface area contributed by atoms with Gasteiger partial charge in [-0.3, -0.25) is 4.79 Å². The van der Waals surface area contributed by atoms with Crippen LogP contribution in [-0.2, 0) is 9.47 Å². The molecule has 8 nitrogen and oxygen atoms in total. The summed E-state index contributed by atoms with van der Waals surface area (Å²) in [6.45, 7) is 5.05. The van der Waals surface area contributed by atoms with Gasteiger partial charge in [-0.05, 0) is 32.4 Å². The molecule has 0 aliphatic carbocycles. The normalized spacial score (nSPS) is 18.5. The average Bonchev–Trinajstić information content (AvgIpc) is 3.36. The van der Waals surface area contributed by atoms with E-state index in [1.807, 2.05) is 6.07 Å². The lowest BCUT2D eigenvalue weighted by atomic mass is 10.0. The van der Waals surface area contributed by atoms with Crippen LogP contribution >= 0.6 is 34.5 Å². The van der Waals surface area contributed by atoms with Crippen molar-refractivity contribution in [1.29, 1.82) is 0 Å². The predicted octanol–water partition coefficient (Wildman–Crippen LogP) is 4.44. The number of aromatic amines is 1. The van der Waals surface area contributed by atoms with E-state index in [1.54, 1.807) is 33.1 Å². The molecule has 0 unspecified atom stereocenters. The number of aromatic nitrogens is 2. The van der Waals surface area contributed by atoms with Crippen LogP contribution in [0.1, 0.15) is 39.9 Å². The van der Waals surface area contributed by atoms with Crippen LogP contribution in [0.4, 0.5) is 5.13 Å². The quantitative estimate of drug-likeness (QED) is 0.475. The summed E-state index contributed by atoms with van der Waals surface area (Å²) in [6.07, 6.45) is 0.389. The number of rotatable bonds is 6. The molecule has 3 heterocycles. The summed E-state index contributed by atoms with van der Waals surface area (Å²) in [5, 5.41) is 4.36. The minimum atomic E-state index is -0.354. The molecule has 1 aliphatic rings. The number of nitrogens with zero attached hydrogens (tertiary/aromatic N) is 2. The van der Waals surface area contributed by atoms with Gasteiger partial charge < -0.3 is 24.7 Å². The van der Waals surface area contributed by atoms with Crippen molar-refractivity contribution in [1.82, 2.24) is 15.3 Å². The van der Waals surface area contributed by atoms with Crippen molar-refractivity contribution >= 4 is 61.8 Å². The van der Waals surface area contributed by atoms with Crippen molar-refractivity contribution in [2.45, 2.75) is 32.4 Å². The number of hydrogen-bond acceptors (Lipinski definition) is 7. The molecule has 1 saturated heterocycles. The van der Waals surface area contributed by atoms with Gasteiger partial charge in [0.1, 0.15) is 5.69 Å². The Hall–Kier alpha value is -2.33. The summed E-state index contributed by atoms with van der Waals surface area (Å²) < 4.78 is 11.7. The topological polar surface area (TPSA) is 96.5 Å². The number of fused-ring (bicyclic) bond motifs is 1. The summed E-state index contributed by atoms with van der Waals surface area (Å²) in [5.41, 5.74) is 2.15. The van der Waals surface area contributed by atoms with Crippen LogP contribution in [0.15, 0.2) is 18.2 Å². The fraction of sp³-hybridized carbons (Fsp3) is 0.409. The second-order valence-corrected chi connectivity index (χ2v) is 9.45. The highest BCUT2D eigenvalue weighted by atomic mass is 35.5. The number of ether oxygens (including phenoxy) is 2. The molecule has 176 valence electrons. The smallest absolute Gasteiger partial charge is 0.339 e. The first kappa shape index (κ1) is 23.8. The largest absolute Gasteiger partial charge is 0.462 e. The molecule has 2 aromatic heterocycles. The molecule has 33 heavy (non-hydrogen) atoms. The van der Waals surface area contributed by atoms with Crippen molar-refractivity contribution in [3.63, 3.8) is 0 Å². The van der Waals surface area contributed by atoms with Crippen molar-refractivity contribution < 1.29 is 19.1 Å². The first-order valence-electron chi connectivity index (χ1n) is 10.5. The van der Waals surface area contributed by atoms with Crippen LogP contribution in [-0.4, -0.2) is 60.8 Å². The van der Waals surface area contributed by atoms with E-state index >= 15 is 0 Å². The van der Waals surface area contributed by atoms with Crippen LogP contribution in [0, 0.1) is 6.92 Å². The van der Waals surface area contributed by atoms with Gasteiger partial charge in [0.25, 0.3) is 5.91 Å². The summed E-state index contributed by atoms with van der Waals surface area (Å²) in [7, 11) is 1.62. The Morgan fingerprint density at radius 2 is 2.12 bits per heavy atom. The Morgan fingerprint density at radius 1 is 1.33 bits per heavy atom. The Kier molecular flexibility index (Phi) is 7.13. The number of piperidine rings is 1. The number of carbonyl (C=O) groups excluding carboxylic acids is 2. The van der Waals surface area contributed by atoms with Gasteiger partial charge in [0.2, 0.25) is 0 Å². The van der Waals surface area contributed by atoms with Gasteiger partial charge in [-0.1, -0.05) is 40.6 Å². The minimum Gasteiger partial charge on any atom is -0.462 e. The highest BCUT2D eigenvalue weighted by molar-refractivity contribution is 7.22. The average molecular weight is 511 g/mol. The SMILES string of the molecule is CCOC(=O)c1cccc2nc(N3CC[C@@H](NC(=O)c4[nH]c(C)c(Cl)c4Cl)[C@@H](OC)C3)sc12. The number of H-pyrrole nitrogens is 1. The Balaban J connectivity index is 1.50. The van der Waals surface area contributed by atoms with E-state index in [1.165, 1.54) is 11.3 Å². The number of amides is 1. The lowest BCUT2D eigenvalue weighted by Gasteiger charge is -2.37. The van der Waals surface area contributed by atoms with Gasteiger partial charge in [-0.15, -0.1) is 0 Å². The predicted molar refractivity (Wildman–Crippen MR) is 130 cm³/mol. The molecule has 0 bridgehead atoms. The zero-order valence-corrected chi connectivity index (χ0v) is 20.7. The fourth-order valence-electron chi connectivity index (χ4n) is 3.90. The number of thiazole rings is 1. The lowest BCUT2D eigenvalue weighted by Crippen LogP contribution is -2.55. The van der Waals surface area contributed by atoms with E-state index in [0.29, 0.717) is 42.4 Å². The molecule has 2 N–H and O–H groups in total. The van der Waals surface area contributed by atoms with Gasteiger partial charge >= 0.3 is 5.97 Å². The summed E-state index contributed by atoms with van der Waals surface area (Å²) in [5.74, 6) is -0.678. The Labute approximate surface area is 205 Å². The summed E-state index contributed by atoms with van der Waals surface area (Å²) >= 11 is 13.7. The molecule has 1 aromatic carbocycles. The molecular weight excluding hydrogens is 487 g/mol. The van der Waals surface area contributed by atoms with E-state index in [9.17, 15) is 9.59 Å². The molecule has 4 rings (SSSR count). The number of anilines is 1. The highest BCUT2D eigenvalue weighted by Gasteiger charge is 2.33. The number of nitrogens with one attached hydrogen (secondary N) is 2. The second kappa shape index (κ2) is 9.89. The molecular formula is C22H24Cl2N4O4S. The van der Waals surface area contributed by atoms with Crippen LogP contribution in [0.2, 0.25) is 10.0 Å². The first-order valence-corrected chi connectivity index (χ1v) is 12.1. The van der Waals surface area contributed by atoms with E-state index < -0.39 is 0 Å². The van der Waals surface area contributed by atoms with E-state index in [-0.39, 0.29) is 34.7 Å². The number of esters is 1. The molecule has 0 radical (unpaired) electrons. The summed E-state index contributed by atoms with van der Waals surface area (Å²) in [6, 6.07) is 5.23. The van der Waals surface area contributed by atoms with Gasteiger partial charge in [0.05, 0.1) is 44.6 Å². The van der Waals surface area contributed by atoms with Crippen LogP contribution in [0.25, 0.3) is 10.2 Å². The van der Waals surface area contributed by atoms with Gasteiger partial charge in [-0.25, -0.2) is 9.78 Å². The Morgan fingerprint density at radius 3 is 2.79 bits per heavy atom. The van der Waals surface area contributed by atoms with Crippen LogP contribution in [0.3, 0.4) is 0 Å². The maximum atomic E-state index is 12.8. The maximum absolute atomic E-state index is 12.8. The van der Waals surface area contributed by atoms with E-state index in [2.05, 4.69) is 15.2 Å². The minimum absolute atomic E-state index is 0.207. The lowest BCUT2D eigenvalue weighted by molar-refractivity contribution is 0.0528. The van der Waals surface area contributed by atoms with Gasteiger partial charge in [-0.2, -0.15) is 0 Å². The fourth-order valence-corrected chi connectivity index (χ4v) is 5.42. The van der Waals surface area contributed by atoms with Crippen molar-refractivity contribution in [3.8, 4) is 0 Å². The molecule has 1 amide bonds. The number of aryl methyl sites for hydroxylation is 1. The Bertz CT molecular complexity index is 1190. The maximum Gasteiger partial charge on any atom is 0.339 e. The third kappa shape index (κ3) is 4.68. The van der Waals surface area contributed by atoms with Crippen molar-refractivity contribution in [2.24, 2.45) is 0 Å². The number of carbonyl (C=O) groups is 2. The molecule has 0 spiro atoms. The summed E-state index contributed by atoms with van der Waals surface area (Å²) in [4.78, 5) is 34.9. The molecule has 2 atom stereocenters. The van der Waals surface area contributed by atoms with E-state index in [4.69, 9.17) is 37.7 Å². The van der Waals surface area contributed by atoms with Crippen LogP contribution in [0.5, 0.6) is 0 Å². The molecule has 0 saturated carbocycles. The van der Waals surface area contributed by atoms with E-state index in [0.717, 1.165) is 15.3 Å². The molecule has 11 heteroatoms. The zero-order valence-electron chi connectivity index (χ0n) is 18.4. The van der Waals surface area contributed by atoms with Crippen molar-refractivity contribution in [3.05, 3.63) is 45.2 Å². The number of hydrogen-bond donors (Lipinski definition) is 2. The monoisotopic (exact) mass is 510 g/mol. The number of halogens is 2. The third-order valence-electron chi connectivity index (χ3n) is 5.63. The van der Waals surface area contributed by atoms with Crippen LogP contribution < -0.4 is 10.2 Å².